The van der Waals surface area contributed by atoms with Crippen LogP contribution in [0.15, 0.2) is 78.4 Å². The molecule has 2 N–H and O–H groups in total. The van der Waals surface area contributed by atoms with Crippen LogP contribution in [0.4, 0.5) is 11.5 Å². The molecule has 0 aliphatic carbocycles. The fourth-order valence-corrected chi connectivity index (χ4v) is 4.38. The number of amides is 2. The largest absolute Gasteiger partial charge is 0.322 e. The van der Waals surface area contributed by atoms with E-state index in [-0.39, 0.29) is 17.9 Å². The molecule has 4 aromatic heterocycles. The van der Waals surface area contributed by atoms with Gasteiger partial charge in [0.2, 0.25) is 0 Å². The molecule has 0 atom stereocenters. The van der Waals surface area contributed by atoms with E-state index in [0.717, 1.165) is 4.88 Å². The highest BCUT2D eigenvalue weighted by Gasteiger charge is 2.19. The summed E-state index contributed by atoms with van der Waals surface area (Å²) in [7, 11) is 0. The molecule has 0 aliphatic heterocycles. The summed E-state index contributed by atoms with van der Waals surface area (Å²) >= 11 is 1.56. The first-order valence-electron chi connectivity index (χ1n) is 11.1. The zero-order valence-electron chi connectivity index (χ0n) is 19.1. The molecule has 0 saturated heterocycles. The Morgan fingerprint density at radius 3 is 2.60 bits per heavy atom. The van der Waals surface area contributed by atoms with Crippen molar-refractivity contribution < 1.29 is 9.59 Å². The van der Waals surface area contributed by atoms with Crippen LogP contribution in [0.2, 0.25) is 0 Å². The molecule has 174 valence electrons. The molecule has 0 radical (unpaired) electrons. The number of nitrogens with one attached hydrogen (secondary N) is 2. The van der Waals surface area contributed by atoms with E-state index in [2.05, 4.69) is 20.7 Å². The second kappa shape index (κ2) is 9.47. The molecule has 1 aromatic carbocycles. The first-order valence-corrected chi connectivity index (χ1v) is 11.9. The van der Waals surface area contributed by atoms with Gasteiger partial charge in [-0.3, -0.25) is 9.59 Å². The molecule has 5 aromatic rings. The summed E-state index contributed by atoms with van der Waals surface area (Å²) in [4.78, 5) is 35.9. The predicted molar refractivity (Wildman–Crippen MR) is 138 cm³/mol. The zero-order valence-corrected chi connectivity index (χ0v) is 19.9. The molecule has 35 heavy (non-hydrogen) atoms. The van der Waals surface area contributed by atoms with E-state index in [9.17, 15) is 9.59 Å². The summed E-state index contributed by atoms with van der Waals surface area (Å²) in [6, 6.07) is 17.8. The van der Waals surface area contributed by atoms with Crippen LogP contribution >= 0.6 is 11.3 Å². The minimum absolute atomic E-state index is 0.0868. The van der Waals surface area contributed by atoms with E-state index in [1.165, 1.54) is 0 Å². The Balaban J connectivity index is 1.46. The van der Waals surface area contributed by atoms with Crippen molar-refractivity contribution in [3.8, 4) is 10.6 Å². The van der Waals surface area contributed by atoms with Gasteiger partial charge in [0.1, 0.15) is 5.82 Å². The van der Waals surface area contributed by atoms with Crippen molar-refractivity contribution >= 4 is 45.7 Å². The number of carbonyl (C=O) groups is 2. The quantitative estimate of drug-likeness (QED) is 0.326. The molecule has 8 nitrogen and oxygen atoms in total. The normalized spacial score (nSPS) is 11.1. The van der Waals surface area contributed by atoms with Crippen LogP contribution in [0, 0.1) is 0 Å². The highest BCUT2D eigenvalue weighted by Crippen LogP contribution is 2.29. The molecule has 0 aliphatic rings. The first-order chi connectivity index (χ1) is 17.0. The van der Waals surface area contributed by atoms with Crippen LogP contribution < -0.4 is 10.6 Å². The molecule has 0 spiro atoms. The lowest BCUT2D eigenvalue weighted by Crippen LogP contribution is -2.15. The average Bonchev–Trinajstić information content (AvgIpc) is 3.54. The van der Waals surface area contributed by atoms with Crippen molar-refractivity contribution in [2.45, 2.75) is 19.9 Å². The maximum atomic E-state index is 13.4. The van der Waals surface area contributed by atoms with E-state index in [1.54, 1.807) is 72.3 Å². The molecular formula is C26H22N6O2S. The third kappa shape index (κ3) is 4.67. The first kappa shape index (κ1) is 22.4. The van der Waals surface area contributed by atoms with Crippen molar-refractivity contribution in [2.75, 3.05) is 10.6 Å². The summed E-state index contributed by atoms with van der Waals surface area (Å²) in [5, 5.41) is 12.8. The Morgan fingerprint density at radius 1 is 0.971 bits per heavy atom. The summed E-state index contributed by atoms with van der Waals surface area (Å²) in [6.07, 6.45) is 3.28. The van der Waals surface area contributed by atoms with E-state index >= 15 is 0 Å². The van der Waals surface area contributed by atoms with Crippen LogP contribution in [0.5, 0.6) is 0 Å². The van der Waals surface area contributed by atoms with Crippen LogP contribution in [0.1, 0.15) is 40.6 Å². The zero-order chi connectivity index (χ0) is 24.4. The number of hydrogen-bond donors (Lipinski definition) is 2. The summed E-state index contributed by atoms with van der Waals surface area (Å²) in [5.41, 5.74) is 2.74. The Morgan fingerprint density at radius 2 is 1.86 bits per heavy atom. The summed E-state index contributed by atoms with van der Waals surface area (Å²) in [5.74, 6) is -0.167. The SMILES string of the molecule is CC(C)n1ncc2c(C(=O)Nc3cccc(C(=O)Nc4ccccn4)c3)cc(-c3cccs3)nc21. The third-order valence-electron chi connectivity index (χ3n) is 5.36. The lowest BCUT2D eigenvalue weighted by Gasteiger charge is -2.11. The third-order valence-corrected chi connectivity index (χ3v) is 6.26. The Hall–Kier alpha value is -4.37. The fourth-order valence-electron chi connectivity index (χ4n) is 3.70. The van der Waals surface area contributed by atoms with E-state index in [4.69, 9.17) is 4.98 Å². The molecule has 2 amide bonds. The number of nitrogens with zero attached hydrogens (tertiary/aromatic N) is 4. The number of aromatic nitrogens is 4. The van der Waals surface area contributed by atoms with Crippen molar-refractivity contribution in [1.82, 2.24) is 19.7 Å². The lowest BCUT2D eigenvalue weighted by atomic mass is 10.1. The second-order valence-electron chi connectivity index (χ2n) is 8.16. The summed E-state index contributed by atoms with van der Waals surface area (Å²) in [6.45, 7) is 4.04. The van der Waals surface area contributed by atoms with Gasteiger partial charge in [-0.25, -0.2) is 14.6 Å². The van der Waals surface area contributed by atoms with Gasteiger partial charge in [0.15, 0.2) is 5.65 Å². The van der Waals surface area contributed by atoms with Gasteiger partial charge < -0.3 is 10.6 Å². The van der Waals surface area contributed by atoms with Gasteiger partial charge >= 0.3 is 0 Å². The standard InChI is InChI=1S/C26H22N6O2S/c1-16(2)32-24-20(15-28-32)19(14-21(30-24)22-9-6-12-35-22)26(34)29-18-8-5-7-17(13-18)25(33)31-23-10-3-4-11-27-23/h3-16H,1-2H3,(H,29,34)(H,27,31,33). The lowest BCUT2D eigenvalue weighted by molar-refractivity contribution is 0.101. The molecule has 9 heteroatoms. The summed E-state index contributed by atoms with van der Waals surface area (Å²) < 4.78 is 1.81. The average molecular weight is 483 g/mol. The fraction of sp³-hybridized carbons (Fsp3) is 0.115. The smallest absolute Gasteiger partial charge is 0.256 e. The van der Waals surface area contributed by atoms with E-state index < -0.39 is 0 Å². The van der Waals surface area contributed by atoms with E-state index in [1.807, 2.05) is 36.0 Å². The van der Waals surface area contributed by atoms with Gasteiger partial charge in [-0.05, 0) is 61.7 Å². The number of anilines is 2. The van der Waals surface area contributed by atoms with Crippen molar-refractivity contribution in [1.29, 1.82) is 0 Å². The topological polar surface area (TPSA) is 102 Å². The van der Waals surface area contributed by atoms with Crippen molar-refractivity contribution in [3.05, 3.63) is 89.6 Å². The minimum atomic E-state index is -0.315. The maximum Gasteiger partial charge on any atom is 0.256 e. The van der Waals surface area contributed by atoms with Gasteiger partial charge in [0.05, 0.1) is 27.7 Å². The number of fused-ring (bicyclic) bond motifs is 1. The Bertz CT molecular complexity index is 1510. The molecule has 4 heterocycles. The molecule has 0 bridgehead atoms. The van der Waals surface area contributed by atoms with Gasteiger partial charge in [0.25, 0.3) is 11.8 Å². The predicted octanol–water partition coefficient (Wildman–Crippen LogP) is 5.64. The van der Waals surface area contributed by atoms with Crippen LogP contribution in [0.25, 0.3) is 21.6 Å². The van der Waals surface area contributed by atoms with Gasteiger partial charge in [-0.1, -0.05) is 18.2 Å². The molecule has 0 saturated carbocycles. The van der Waals surface area contributed by atoms with Crippen LogP contribution in [0.3, 0.4) is 0 Å². The maximum absolute atomic E-state index is 13.4. The van der Waals surface area contributed by atoms with Crippen molar-refractivity contribution in [3.63, 3.8) is 0 Å². The van der Waals surface area contributed by atoms with Crippen LogP contribution in [-0.4, -0.2) is 31.6 Å². The monoisotopic (exact) mass is 482 g/mol. The minimum Gasteiger partial charge on any atom is -0.322 e. The van der Waals surface area contributed by atoms with Crippen molar-refractivity contribution in [2.24, 2.45) is 0 Å². The molecule has 5 rings (SSSR count). The highest BCUT2D eigenvalue weighted by molar-refractivity contribution is 7.13. The van der Waals surface area contributed by atoms with E-state index in [0.29, 0.717) is 39.4 Å². The number of rotatable bonds is 6. The number of carbonyl (C=O) groups excluding carboxylic acids is 2. The van der Waals surface area contributed by atoms with Gasteiger partial charge in [-0.15, -0.1) is 11.3 Å². The molecule has 0 unspecified atom stereocenters. The Labute approximate surface area is 205 Å². The molecular weight excluding hydrogens is 460 g/mol. The molecule has 0 fully saturated rings. The second-order valence-corrected chi connectivity index (χ2v) is 9.10. The number of thiophene rings is 1. The number of pyridine rings is 2. The van der Waals surface area contributed by atoms with Gasteiger partial charge in [0, 0.05) is 23.5 Å². The van der Waals surface area contributed by atoms with Gasteiger partial charge in [-0.2, -0.15) is 5.10 Å². The van der Waals surface area contributed by atoms with Crippen LogP contribution in [-0.2, 0) is 0 Å². The number of benzene rings is 1. The Kier molecular flexibility index (Phi) is 6.07. The number of hydrogen-bond acceptors (Lipinski definition) is 6. The highest BCUT2D eigenvalue weighted by atomic mass is 32.1.